The third-order valence-electron chi connectivity index (χ3n) is 5.13. The highest BCUT2D eigenvalue weighted by Gasteiger charge is 2.34. The molecule has 0 aromatic heterocycles. The zero-order chi connectivity index (χ0) is 21.7. The first-order chi connectivity index (χ1) is 14.4. The maximum atomic E-state index is 12.9. The fourth-order valence-electron chi connectivity index (χ4n) is 3.50. The number of carbonyl (C=O) groups excluding carboxylic acids is 1. The molecule has 0 radical (unpaired) electrons. The number of amides is 1. The van der Waals surface area contributed by atoms with Gasteiger partial charge in [0.25, 0.3) is 0 Å². The molecule has 1 aliphatic heterocycles. The highest BCUT2D eigenvalue weighted by atomic mass is 16.5. The van der Waals surface area contributed by atoms with Crippen molar-refractivity contribution in [1.82, 2.24) is 5.01 Å². The molecule has 1 aliphatic rings. The second-order valence-electron chi connectivity index (χ2n) is 7.23. The van der Waals surface area contributed by atoms with E-state index in [1.807, 2.05) is 43.3 Å². The minimum absolute atomic E-state index is 0.0510. The van der Waals surface area contributed by atoms with E-state index in [1.54, 1.807) is 20.3 Å². The van der Waals surface area contributed by atoms with Crippen LogP contribution >= 0.6 is 0 Å². The number of hydrogen-bond donors (Lipinski definition) is 1. The van der Waals surface area contributed by atoms with E-state index in [4.69, 9.17) is 14.6 Å². The molecule has 1 N–H and O–H groups in total. The van der Waals surface area contributed by atoms with E-state index in [0.717, 1.165) is 22.4 Å². The smallest absolute Gasteiger partial charge is 0.303 e. The van der Waals surface area contributed by atoms with Gasteiger partial charge in [-0.15, -0.1) is 0 Å². The molecule has 2 aromatic carbocycles. The number of aliphatic carboxylic acids is 1. The molecule has 30 heavy (non-hydrogen) atoms. The normalized spacial score (nSPS) is 15.6. The van der Waals surface area contributed by atoms with Crippen molar-refractivity contribution >= 4 is 17.6 Å². The minimum atomic E-state index is -0.915. The lowest BCUT2D eigenvalue weighted by Crippen LogP contribution is -2.27. The van der Waals surface area contributed by atoms with E-state index in [9.17, 15) is 9.59 Å². The van der Waals surface area contributed by atoms with Gasteiger partial charge in [0.05, 0.1) is 26.0 Å². The van der Waals surface area contributed by atoms with Gasteiger partial charge in [-0.1, -0.05) is 29.8 Å². The van der Waals surface area contributed by atoms with Crippen LogP contribution in [0.1, 0.15) is 48.4 Å². The van der Waals surface area contributed by atoms with Crippen molar-refractivity contribution in [2.24, 2.45) is 5.10 Å². The molecule has 0 bridgehead atoms. The van der Waals surface area contributed by atoms with Crippen molar-refractivity contribution in [1.29, 1.82) is 0 Å². The van der Waals surface area contributed by atoms with Crippen LogP contribution in [0.15, 0.2) is 47.6 Å². The summed E-state index contributed by atoms with van der Waals surface area (Å²) in [5.41, 5.74) is 3.74. The summed E-state index contributed by atoms with van der Waals surface area (Å²) in [5.74, 6) is 0.151. The summed E-state index contributed by atoms with van der Waals surface area (Å²) in [7, 11) is 3.16. The maximum Gasteiger partial charge on any atom is 0.303 e. The van der Waals surface area contributed by atoms with Crippen molar-refractivity contribution in [2.45, 2.75) is 38.6 Å². The van der Waals surface area contributed by atoms with Crippen molar-refractivity contribution < 1.29 is 24.2 Å². The van der Waals surface area contributed by atoms with Crippen molar-refractivity contribution in [2.75, 3.05) is 14.2 Å². The highest BCUT2D eigenvalue weighted by Crippen LogP contribution is 2.39. The van der Waals surface area contributed by atoms with E-state index < -0.39 is 5.97 Å². The fraction of sp³-hybridized carbons (Fsp3) is 0.348. The number of hydrazone groups is 1. The molecule has 158 valence electrons. The molecule has 7 heteroatoms. The summed E-state index contributed by atoms with van der Waals surface area (Å²) >= 11 is 0. The Labute approximate surface area is 175 Å². The van der Waals surface area contributed by atoms with Crippen molar-refractivity contribution in [3.05, 3.63) is 59.2 Å². The predicted octanol–water partition coefficient (Wildman–Crippen LogP) is 3.94. The molecule has 1 atom stereocenters. The van der Waals surface area contributed by atoms with Crippen molar-refractivity contribution in [3.63, 3.8) is 0 Å². The van der Waals surface area contributed by atoms with Gasteiger partial charge >= 0.3 is 5.97 Å². The lowest BCUT2D eigenvalue weighted by molar-refractivity contribution is -0.137. The van der Waals surface area contributed by atoms with Gasteiger partial charge < -0.3 is 14.6 Å². The molecule has 3 rings (SSSR count). The first-order valence-electron chi connectivity index (χ1n) is 9.83. The zero-order valence-corrected chi connectivity index (χ0v) is 17.4. The number of methoxy groups -OCH3 is 2. The Hall–Kier alpha value is -3.35. The lowest BCUT2D eigenvalue weighted by atomic mass is 9.97. The Morgan fingerprint density at radius 1 is 1.10 bits per heavy atom. The summed E-state index contributed by atoms with van der Waals surface area (Å²) in [6.07, 6.45) is 0.875. The highest BCUT2D eigenvalue weighted by molar-refractivity contribution is 6.03. The van der Waals surface area contributed by atoms with Gasteiger partial charge in [-0.3, -0.25) is 9.59 Å². The van der Waals surface area contributed by atoms with E-state index in [1.165, 1.54) is 5.01 Å². The minimum Gasteiger partial charge on any atom is -0.497 e. The van der Waals surface area contributed by atoms with Gasteiger partial charge in [0, 0.05) is 30.9 Å². The topological polar surface area (TPSA) is 88.4 Å². The Morgan fingerprint density at radius 3 is 2.47 bits per heavy atom. The van der Waals surface area contributed by atoms with Gasteiger partial charge in [-0.25, -0.2) is 5.01 Å². The van der Waals surface area contributed by atoms with E-state index in [-0.39, 0.29) is 31.2 Å². The van der Waals surface area contributed by atoms with E-state index >= 15 is 0 Å². The lowest BCUT2D eigenvalue weighted by Gasteiger charge is -2.24. The molecule has 2 aromatic rings. The van der Waals surface area contributed by atoms with Crippen LogP contribution in [0.3, 0.4) is 0 Å². The van der Waals surface area contributed by atoms with Gasteiger partial charge in [-0.2, -0.15) is 5.10 Å². The average molecular weight is 410 g/mol. The number of ether oxygens (including phenoxy) is 2. The van der Waals surface area contributed by atoms with Gasteiger partial charge in [0.2, 0.25) is 5.91 Å². The first kappa shape index (κ1) is 21.4. The summed E-state index contributed by atoms with van der Waals surface area (Å²) < 4.78 is 10.8. The number of benzene rings is 2. The molecular weight excluding hydrogens is 384 g/mol. The van der Waals surface area contributed by atoms with Crippen LogP contribution in [-0.4, -0.2) is 41.9 Å². The summed E-state index contributed by atoms with van der Waals surface area (Å²) in [6, 6.07) is 13.2. The van der Waals surface area contributed by atoms with E-state index in [0.29, 0.717) is 17.9 Å². The van der Waals surface area contributed by atoms with Gasteiger partial charge in [0.1, 0.15) is 11.5 Å². The number of carboxylic acid groups (broad SMARTS) is 1. The average Bonchev–Trinajstić information content (AvgIpc) is 3.18. The summed E-state index contributed by atoms with van der Waals surface area (Å²) in [6.45, 7) is 2.02. The van der Waals surface area contributed by atoms with Gasteiger partial charge in [0.15, 0.2) is 0 Å². The third-order valence-corrected chi connectivity index (χ3v) is 5.13. The Kier molecular flexibility index (Phi) is 6.72. The number of rotatable bonds is 8. The SMILES string of the molecule is COc1ccc([C@@H]2CC(c3ccc(C)cc3)=NN2C(=O)CCCC(=O)O)c(OC)c1. The quantitative estimate of drug-likeness (QED) is 0.712. The molecule has 0 spiro atoms. The molecule has 0 saturated heterocycles. The van der Waals surface area contributed by atoms with Crippen LogP contribution in [0.4, 0.5) is 0 Å². The Bertz CT molecular complexity index is 953. The number of carboxylic acids is 1. The molecule has 0 fully saturated rings. The van der Waals surface area contributed by atoms with Crippen LogP contribution < -0.4 is 9.47 Å². The van der Waals surface area contributed by atoms with Crippen LogP contribution in [0.25, 0.3) is 0 Å². The predicted molar refractivity (Wildman–Crippen MR) is 113 cm³/mol. The Balaban J connectivity index is 1.93. The number of carbonyl (C=O) groups is 2. The largest absolute Gasteiger partial charge is 0.497 e. The molecular formula is C23H26N2O5. The summed E-state index contributed by atoms with van der Waals surface area (Å²) in [4.78, 5) is 23.7. The maximum absolute atomic E-state index is 12.9. The van der Waals surface area contributed by atoms with Crippen LogP contribution in [0, 0.1) is 6.92 Å². The van der Waals surface area contributed by atoms with Crippen LogP contribution in [0.2, 0.25) is 0 Å². The standard InChI is InChI=1S/C23H26N2O5/c1-15-7-9-16(10-8-15)19-14-20(18-12-11-17(29-2)13-21(18)30-3)25(24-19)22(26)5-4-6-23(27)28/h7-13,20H,4-6,14H2,1-3H3,(H,27,28)/t20-/m0/s1. The van der Waals surface area contributed by atoms with Crippen LogP contribution in [0.5, 0.6) is 11.5 Å². The molecule has 7 nitrogen and oxygen atoms in total. The monoisotopic (exact) mass is 410 g/mol. The Morgan fingerprint density at radius 2 is 1.83 bits per heavy atom. The number of hydrogen-bond acceptors (Lipinski definition) is 5. The van der Waals surface area contributed by atoms with E-state index in [2.05, 4.69) is 5.10 Å². The molecule has 1 heterocycles. The second kappa shape index (κ2) is 9.43. The second-order valence-corrected chi connectivity index (χ2v) is 7.23. The number of nitrogens with zero attached hydrogens (tertiary/aromatic N) is 2. The summed E-state index contributed by atoms with van der Waals surface area (Å²) in [5, 5.41) is 15.0. The molecule has 0 aliphatic carbocycles. The zero-order valence-electron chi connectivity index (χ0n) is 17.4. The third kappa shape index (κ3) is 4.79. The van der Waals surface area contributed by atoms with Crippen LogP contribution in [-0.2, 0) is 9.59 Å². The fourth-order valence-corrected chi connectivity index (χ4v) is 3.50. The first-order valence-corrected chi connectivity index (χ1v) is 9.83. The molecule has 0 unspecified atom stereocenters. The molecule has 1 amide bonds. The molecule has 0 saturated carbocycles. The van der Waals surface area contributed by atoms with Crippen molar-refractivity contribution in [3.8, 4) is 11.5 Å². The number of aryl methyl sites for hydroxylation is 1. The van der Waals surface area contributed by atoms with Gasteiger partial charge in [-0.05, 0) is 31.0 Å².